The third-order valence-corrected chi connectivity index (χ3v) is 10.5. The van der Waals surface area contributed by atoms with Gasteiger partial charge >= 0.3 is 12.2 Å². The van der Waals surface area contributed by atoms with Crippen LogP contribution in [0, 0.1) is 11.7 Å². The van der Waals surface area contributed by atoms with Crippen LogP contribution in [0.25, 0.3) is 0 Å². The summed E-state index contributed by atoms with van der Waals surface area (Å²) >= 11 is 1.44. The molecule has 3 N–H and O–H groups in total. The summed E-state index contributed by atoms with van der Waals surface area (Å²) in [7, 11) is 0. The Morgan fingerprint density at radius 2 is 1.96 bits per heavy atom. The number of hydrogen-bond donors (Lipinski definition) is 3. The second-order valence-electron chi connectivity index (χ2n) is 14.5. The number of hydrogen-bond acceptors (Lipinski definition) is 9. The van der Waals surface area contributed by atoms with Crippen molar-refractivity contribution in [1.82, 2.24) is 25.8 Å². The Kier molecular flexibility index (Phi) is 10.4. The number of carbonyl (C=O) groups excluding carboxylic acids is 5. The highest BCUT2D eigenvalue weighted by Crippen LogP contribution is 2.46. The van der Waals surface area contributed by atoms with Gasteiger partial charge in [-0.25, -0.2) is 14.0 Å². The fourth-order valence-electron chi connectivity index (χ4n) is 6.96. The van der Waals surface area contributed by atoms with Gasteiger partial charge < -0.3 is 30.3 Å². The number of nitrogens with one attached hydrogen (secondary N) is 3. The van der Waals surface area contributed by atoms with Crippen LogP contribution in [0.2, 0.25) is 0 Å². The number of amides is 5. The Balaban J connectivity index is 1.24. The molecule has 1 saturated heterocycles. The molecule has 50 heavy (non-hydrogen) atoms. The number of benzene rings is 1. The van der Waals surface area contributed by atoms with Gasteiger partial charge in [-0.05, 0) is 58.1 Å². The van der Waals surface area contributed by atoms with E-state index in [1.807, 2.05) is 12.2 Å². The van der Waals surface area contributed by atoms with Gasteiger partial charge in [0, 0.05) is 30.2 Å². The molecule has 4 aliphatic heterocycles. The molecule has 5 amide bonds. The molecule has 1 saturated carbocycles. The number of rotatable bonds is 3. The monoisotopic (exact) mass is 712 g/mol. The molecule has 6 rings (SSSR count). The van der Waals surface area contributed by atoms with Gasteiger partial charge in [0.1, 0.15) is 35.1 Å². The van der Waals surface area contributed by atoms with Crippen LogP contribution in [0.5, 0.6) is 0 Å². The molecule has 0 unspecified atom stereocenters. The number of aliphatic imine (C=N–C) groups is 1. The number of ether oxygens (including phenoxy) is 2. The normalized spacial score (nSPS) is 28.9. The lowest BCUT2D eigenvalue weighted by atomic mass is 10.0. The molecular formula is C35H45FN6O7S. The number of allylic oxidation sites excluding steroid dienone is 1. The maximum Gasteiger partial charge on any atom is 0.410 e. The molecule has 2 fully saturated rings. The lowest BCUT2D eigenvalue weighted by molar-refractivity contribution is -0.141. The van der Waals surface area contributed by atoms with Crippen LogP contribution in [-0.2, 0) is 36.9 Å². The van der Waals surface area contributed by atoms with Crippen molar-refractivity contribution in [3.8, 4) is 0 Å². The van der Waals surface area contributed by atoms with E-state index in [2.05, 4.69) is 20.9 Å². The van der Waals surface area contributed by atoms with Gasteiger partial charge in [-0.15, -0.1) is 0 Å². The number of fused-ring (bicyclic) bond motifs is 3. The molecule has 0 radical (unpaired) electrons. The first-order chi connectivity index (χ1) is 23.8. The third kappa shape index (κ3) is 8.08. The lowest BCUT2D eigenvalue weighted by Gasteiger charge is -2.30. The van der Waals surface area contributed by atoms with Crippen molar-refractivity contribution in [3.05, 3.63) is 47.3 Å². The SMILES string of the molecule is CC(C)(C)OC(=O)N[C@H]1CCCCC/C=C\[C@@H]2C[C@@]2(C(=O)NC2=NCCS2)NC(=O)[C@@H]2C[C@@H](OC(=O)N3Cc4cccc(F)c4C3)CN2C1=O. The van der Waals surface area contributed by atoms with Crippen molar-refractivity contribution >= 4 is 46.8 Å². The highest BCUT2D eigenvalue weighted by atomic mass is 32.2. The van der Waals surface area contributed by atoms with Crippen LogP contribution in [-0.4, -0.2) is 93.0 Å². The smallest absolute Gasteiger partial charge is 0.410 e. The van der Waals surface area contributed by atoms with Crippen molar-refractivity contribution in [1.29, 1.82) is 0 Å². The van der Waals surface area contributed by atoms with E-state index < -0.39 is 59.1 Å². The van der Waals surface area contributed by atoms with E-state index in [0.29, 0.717) is 42.1 Å². The summed E-state index contributed by atoms with van der Waals surface area (Å²) in [6, 6.07) is 2.58. The number of thioether (sulfide) groups is 1. The van der Waals surface area contributed by atoms with Crippen molar-refractivity contribution in [3.63, 3.8) is 0 Å². The van der Waals surface area contributed by atoms with Gasteiger partial charge in [-0.1, -0.05) is 48.9 Å². The Hall–Kier alpha value is -4.14. The molecule has 5 atom stereocenters. The van der Waals surface area contributed by atoms with E-state index in [-0.39, 0.29) is 37.9 Å². The van der Waals surface area contributed by atoms with Crippen molar-refractivity contribution in [2.75, 3.05) is 18.8 Å². The molecule has 0 bridgehead atoms. The number of nitrogens with zero attached hydrogens (tertiary/aromatic N) is 3. The Bertz CT molecular complexity index is 1600. The third-order valence-electron chi connectivity index (χ3n) is 9.59. The fourth-order valence-corrected chi connectivity index (χ4v) is 7.69. The number of halogens is 1. The zero-order valence-electron chi connectivity index (χ0n) is 28.7. The van der Waals surface area contributed by atoms with E-state index in [4.69, 9.17) is 9.47 Å². The average molecular weight is 713 g/mol. The van der Waals surface area contributed by atoms with Crippen LogP contribution >= 0.6 is 11.8 Å². The maximum absolute atomic E-state index is 14.4. The maximum atomic E-state index is 14.4. The topological polar surface area (TPSA) is 159 Å². The van der Waals surface area contributed by atoms with E-state index in [1.165, 1.54) is 27.6 Å². The number of amidine groups is 1. The summed E-state index contributed by atoms with van der Waals surface area (Å²) in [5.74, 6) is -1.34. The summed E-state index contributed by atoms with van der Waals surface area (Å²) < 4.78 is 25.7. The summed E-state index contributed by atoms with van der Waals surface area (Å²) in [6.07, 6.45) is 5.35. The zero-order chi connectivity index (χ0) is 35.6. The minimum absolute atomic E-state index is 0.0294. The van der Waals surface area contributed by atoms with Crippen molar-refractivity contribution in [2.24, 2.45) is 10.9 Å². The first-order valence-electron chi connectivity index (χ1n) is 17.3. The first kappa shape index (κ1) is 35.7. The Morgan fingerprint density at radius 3 is 2.70 bits per heavy atom. The van der Waals surface area contributed by atoms with Gasteiger partial charge in [-0.2, -0.15) is 0 Å². The molecule has 13 nitrogen and oxygen atoms in total. The average Bonchev–Trinajstić information content (AvgIpc) is 3.47. The summed E-state index contributed by atoms with van der Waals surface area (Å²) in [5.41, 5.74) is -0.925. The van der Waals surface area contributed by atoms with Gasteiger partial charge in [0.25, 0.3) is 5.91 Å². The van der Waals surface area contributed by atoms with E-state index >= 15 is 0 Å². The predicted octanol–water partition coefficient (Wildman–Crippen LogP) is 3.75. The standard InChI is InChI=1S/C35H45FN6O7S/c1-34(2,3)49-32(46)38-26-13-8-6-4-5-7-11-22-17-35(22,30(45)39-31-37-14-15-50-31)40-28(43)27-16-23(19-42(27)29(26)44)48-33(47)41-18-21-10-9-12-25(36)24(21)20-41/h7,9-12,22-23,26-27H,4-6,8,13-20H2,1-3H3,(H,38,46)(H,40,43)(H,37,39,45)/b11-7-/t22-,23-,26+,27+,35-/m1/s1. The molecule has 4 heterocycles. The van der Waals surface area contributed by atoms with Crippen LogP contribution in [0.15, 0.2) is 35.3 Å². The zero-order valence-corrected chi connectivity index (χ0v) is 29.5. The second-order valence-corrected chi connectivity index (χ2v) is 15.6. The summed E-state index contributed by atoms with van der Waals surface area (Å²) in [5, 5.41) is 9.07. The summed E-state index contributed by atoms with van der Waals surface area (Å²) in [6.45, 7) is 5.86. The van der Waals surface area contributed by atoms with E-state index in [9.17, 15) is 28.4 Å². The molecule has 270 valence electrons. The fraction of sp³-hybridized carbons (Fsp3) is 0.600. The van der Waals surface area contributed by atoms with Gasteiger partial charge in [0.05, 0.1) is 19.6 Å². The molecule has 1 aromatic rings. The molecular weight excluding hydrogens is 667 g/mol. The van der Waals surface area contributed by atoms with Gasteiger partial charge in [0.15, 0.2) is 5.17 Å². The lowest BCUT2D eigenvalue weighted by Crippen LogP contribution is -2.58. The Labute approximate surface area is 295 Å². The molecule has 5 aliphatic rings. The highest BCUT2D eigenvalue weighted by molar-refractivity contribution is 8.14. The Morgan fingerprint density at radius 1 is 1.14 bits per heavy atom. The molecule has 1 aromatic carbocycles. The van der Waals surface area contributed by atoms with Crippen LogP contribution < -0.4 is 16.0 Å². The molecule has 15 heteroatoms. The van der Waals surface area contributed by atoms with Crippen LogP contribution in [0.1, 0.15) is 76.8 Å². The quantitative estimate of drug-likeness (QED) is 0.400. The van der Waals surface area contributed by atoms with Crippen molar-refractivity contribution < 1.29 is 37.8 Å². The van der Waals surface area contributed by atoms with Crippen LogP contribution in [0.4, 0.5) is 14.0 Å². The largest absolute Gasteiger partial charge is 0.444 e. The molecule has 0 aromatic heterocycles. The minimum atomic E-state index is -1.23. The van der Waals surface area contributed by atoms with Gasteiger partial charge in [-0.3, -0.25) is 24.3 Å². The molecule has 1 aliphatic carbocycles. The van der Waals surface area contributed by atoms with E-state index in [0.717, 1.165) is 25.0 Å². The van der Waals surface area contributed by atoms with E-state index in [1.54, 1.807) is 32.9 Å². The first-order valence-corrected chi connectivity index (χ1v) is 18.3. The predicted molar refractivity (Wildman–Crippen MR) is 183 cm³/mol. The van der Waals surface area contributed by atoms with Gasteiger partial charge in [0.2, 0.25) is 11.8 Å². The van der Waals surface area contributed by atoms with Crippen molar-refractivity contribution in [2.45, 2.75) is 108 Å². The highest BCUT2D eigenvalue weighted by Gasteiger charge is 2.61. The summed E-state index contributed by atoms with van der Waals surface area (Å²) in [4.78, 5) is 75.4. The second kappa shape index (κ2) is 14.6. The minimum Gasteiger partial charge on any atom is -0.444 e. The molecule has 0 spiro atoms. The number of alkyl carbamates (subject to hydrolysis) is 1. The number of carbonyl (C=O) groups is 5. The van der Waals surface area contributed by atoms with Crippen LogP contribution in [0.3, 0.4) is 0 Å².